The van der Waals surface area contributed by atoms with Crippen LogP contribution in [0.1, 0.15) is 19.7 Å². The first-order chi connectivity index (χ1) is 12.1. The van der Waals surface area contributed by atoms with Crippen molar-refractivity contribution >= 4 is 39.3 Å². The second-order valence-corrected chi connectivity index (χ2v) is 7.60. The Morgan fingerprint density at radius 1 is 1.36 bits per heavy atom. The van der Waals surface area contributed by atoms with Crippen LogP contribution in [0.5, 0.6) is 0 Å². The van der Waals surface area contributed by atoms with Gasteiger partial charge in [-0.05, 0) is 19.4 Å². The summed E-state index contributed by atoms with van der Waals surface area (Å²) >= 11 is 2.85. The molecule has 0 aliphatic heterocycles. The normalized spacial score (nSPS) is 12.2. The van der Waals surface area contributed by atoms with Gasteiger partial charge in [0.2, 0.25) is 0 Å². The number of thioether (sulfide) groups is 1. The van der Waals surface area contributed by atoms with Crippen LogP contribution < -0.4 is 5.56 Å². The van der Waals surface area contributed by atoms with Crippen LogP contribution in [0.25, 0.3) is 21.3 Å². The number of H-pyrrole nitrogens is 1. The Labute approximate surface area is 153 Å². The molecule has 2 heterocycles. The van der Waals surface area contributed by atoms with Gasteiger partial charge in [0.25, 0.3) is 5.56 Å². The summed E-state index contributed by atoms with van der Waals surface area (Å²) in [5.74, 6) is 0.766. The molecule has 5 nitrogen and oxygen atoms in total. The Hall–Kier alpha value is -2.12. The SMILES string of the molecule is CCOC(=O)[C@@H](C)SCc1nc2scc(-c3ccccc3)c2c(=O)[nH]1. The van der Waals surface area contributed by atoms with Crippen molar-refractivity contribution in [1.29, 1.82) is 0 Å². The fraction of sp³-hybridized carbons (Fsp3) is 0.278. The number of aromatic amines is 1. The van der Waals surface area contributed by atoms with Gasteiger partial charge in [-0.3, -0.25) is 9.59 Å². The molecular formula is C18H18N2O3S2. The number of ether oxygens (including phenoxy) is 1. The quantitative estimate of drug-likeness (QED) is 0.664. The monoisotopic (exact) mass is 374 g/mol. The number of nitrogens with zero attached hydrogens (tertiary/aromatic N) is 1. The number of hydrogen-bond acceptors (Lipinski definition) is 6. The van der Waals surface area contributed by atoms with Crippen molar-refractivity contribution in [3.05, 3.63) is 51.9 Å². The number of benzene rings is 1. The van der Waals surface area contributed by atoms with Crippen LogP contribution in [0, 0.1) is 0 Å². The molecule has 0 unspecified atom stereocenters. The summed E-state index contributed by atoms with van der Waals surface area (Å²) in [6.07, 6.45) is 0. The standard InChI is InChI=1S/C18H18N2O3S2/c1-3-23-18(22)11(2)24-10-14-19-16(21)15-13(9-25-17(15)20-14)12-7-5-4-6-8-12/h4-9,11H,3,10H2,1-2H3,(H,19,20,21)/t11-/m1/s1. The van der Waals surface area contributed by atoms with Gasteiger partial charge in [-0.2, -0.15) is 0 Å². The molecule has 3 aromatic rings. The molecule has 0 aliphatic rings. The summed E-state index contributed by atoms with van der Waals surface area (Å²) in [7, 11) is 0. The van der Waals surface area contributed by atoms with E-state index in [0.29, 0.717) is 28.4 Å². The van der Waals surface area contributed by atoms with Crippen molar-refractivity contribution in [3.8, 4) is 11.1 Å². The third-order valence-corrected chi connectivity index (χ3v) is 5.67. The van der Waals surface area contributed by atoms with Crippen molar-refractivity contribution in [2.45, 2.75) is 24.9 Å². The summed E-state index contributed by atoms with van der Waals surface area (Å²) in [6, 6.07) is 9.79. The topological polar surface area (TPSA) is 72.0 Å². The van der Waals surface area contributed by atoms with E-state index in [1.807, 2.05) is 35.7 Å². The number of rotatable bonds is 6. The van der Waals surface area contributed by atoms with Crippen molar-refractivity contribution in [3.63, 3.8) is 0 Å². The second-order valence-electron chi connectivity index (χ2n) is 5.41. The van der Waals surface area contributed by atoms with Gasteiger partial charge in [-0.15, -0.1) is 23.1 Å². The number of hydrogen-bond donors (Lipinski definition) is 1. The highest BCUT2D eigenvalue weighted by atomic mass is 32.2. The summed E-state index contributed by atoms with van der Waals surface area (Å²) in [6.45, 7) is 3.93. The van der Waals surface area contributed by atoms with E-state index in [4.69, 9.17) is 4.74 Å². The van der Waals surface area contributed by atoms with Crippen LogP contribution in [0.2, 0.25) is 0 Å². The number of nitrogens with one attached hydrogen (secondary N) is 1. The maximum Gasteiger partial charge on any atom is 0.318 e. The highest BCUT2D eigenvalue weighted by Gasteiger charge is 2.17. The molecule has 3 rings (SSSR count). The second kappa shape index (κ2) is 7.84. The van der Waals surface area contributed by atoms with E-state index in [0.717, 1.165) is 11.1 Å². The molecule has 1 atom stereocenters. The van der Waals surface area contributed by atoms with Crippen LogP contribution in [-0.2, 0) is 15.3 Å². The third-order valence-electron chi connectivity index (χ3n) is 3.67. The number of thiophene rings is 1. The molecule has 0 radical (unpaired) electrons. The lowest BCUT2D eigenvalue weighted by Crippen LogP contribution is -2.18. The van der Waals surface area contributed by atoms with Crippen LogP contribution in [0.3, 0.4) is 0 Å². The molecule has 25 heavy (non-hydrogen) atoms. The maximum atomic E-state index is 12.5. The van der Waals surface area contributed by atoms with E-state index in [1.54, 1.807) is 13.8 Å². The number of aromatic nitrogens is 2. The molecule has 1 aromatic carbocycles. The van der Waals surface area contributed by atoms with Crippen LogP contribution in [-0.4, -0.2) is 27.8 Å². The first-order valence-electron chi connectivity index (χ1n) is 7.94. The van der Waals surface area contributed by atoms with Gasteiger partial charge in [-0.1, -0.05) is 30.3 Å². The number of carbonyl (C=O) groups excluding carboxylic acids is 1. The van der Waals surface area contributed by atoms with Gasteiger partial charge in [0.1, 0.15) is 15.9 Å². The van der Waals surface area contributed by atoms with Gasteiger partial charge in [-0.25, -0.2) is 4.98 Å². The maximum absolute atomic E-state index is 12.5. The molecule has 1 N–H and O–H groups in total. The Kier molecular flexibility index (Phi) is 5.55. The van der Waals surface area contributed by atoms with Crippen molar-refractivity contribution in [2.75, 3.05) is 6.61 Å². The zero-order valence-corrected chi connectivity index (χ0v) is 15.6. The molecule has 130 valence electrons. The zero-order chi connectivity index (χ0) is 17.8. The van der Waals surface area contributed by atoms with Crippen molar-refractivity contribution < 1.29 is 9.53 Å². The minimum Gasteiger partial charge on any atom is -0.465 e. The van der Waals surface area contributed by atoms with Crippen molar-refractivity contribution in [1.82, 2.24) is 9.97 Å². The molecule has 0 spiro atoms. The molecular weight excluding hydrogens is 356 g/mol. The highest BCUT2D eigenvalue weighted by molar-refractivity contribution is 7.99. The molecule has 0 saturated heterocycles. The van der Waals surface area contributed by atoms with Gasteiger partial charge in [0.05, 0.1) is 17.7 Å². The van der Waals surface area contributed by atoms with Crippen molar-refractivity contribution in [2.24, 2.45) is 0 Å². The molecule has 0 bridgehead atoms. The number of fused-ring (bicyclic) bond motifs is 1. The minimum atomic E-state index is -0.302. The Balaban J connectivity index is 1.84. The lowest BCUT2D eigenvalue weighted by Gasteiger charge is -2.09. The predicted molar refractivity (Wildman–Crippen MR) is 103 cm³/mol. The Morgan fingerprint density at radius 3 is 2.84 bits per heavy atom. The first kappa shape index (κ1) is 17.7. The largest absolute Gasteiger partial charge is 0.465 e. The van der Waals surface area contributed by atoms with E-state index in [9.17, 15) is 9.59 Å². The van der Waals surface area contributed by atoms with Gasteiger partial charge < -0.3 is 9.72 Å². The van der Waals surface area contributed by atoms with E-state index in [1.165, 1.54) is 23.1 Å². The van der Waals surface area contributed by atoms with E-state index >= 15 is 0 Å². The average Bonchev–Trinajstić information content (AvgIpc) is 3.05. The zero-order valence-electron chi connectivity index (χ0n) is 13.9. The Morgan fingerprint density at radius 2 is 2.12 bits per heavy atom. The highest BCUT2D eigenvalue weighted by Crippen LogP contribution is 2.30. The molecule has 0 fully saturated rings. The molecule has 7 heteroatoms. The van der Waals surface area contributed by atoms with E-state index in [2.05, 4.69) is 9.97 Å². The van der Waals surface area contributed by atoms with Crippen LogP contribution >= 0.6 is 23.1 Å². The Bertz CT molecular complexity index is 934. The first-order valence-corrected chi connectivity index (χ1v) is 9.87. The molecule has 0 saturated carbocycles. The lowest BCUT2D eigenvalue weighted by atomic mass is 10.1. The fourth-order valence-electron chi connectivity index (χ4n) is 2.42. The van der Waals surface area contributed by atoms with E-state index < -0.39 is 0 Å². The third kappa shape index (κ3) is 3.93. The fourth-order valence-corrected chi connectivity index (χ4v) is 4.14. The predicted octanol–water partition coefficient (Wildman–Crippen LogP) is 3.84. The van der Waals surface area contributed by atoms with Gasteiger partial charge in [0.15, 0.2) is 0 Å². The number of carbonyl (C=O) groups is 1. The number of esters is 1. The molecule has 2 aromatic heterocycles. The minimum absolute atomic E-state index is 0.149. The van der Waals surface area contributed by atoms with Crippen LogP contribution in [0.4, 0.5) is 0 Å². The summed E-state index contributed by atoms with van der Waals surface area (Å²) < 4.78 is 4.99. The molecule has 0 amide bonds. The summed E-state index contributed by atoms with van der Waals surface area (Å²) in [4.78, 5) is 32.3. The summed E-state index contributed by atoms with van der Waals surface area (Å²) in [5, 5.41) is 2.27. The van der Waals surface area contributed by atoms with Gasteiger partial charge in [0, 0.05) is 10.9 Å². The summed E-state index contributed by atoms with van der Waals surface area (Å²) in [5.41, 5.74) is 1.75. The van der Waals surface area contributed by atoms with Gasteiger partial charge >= 0.3 is 5.97 Å². The van der Waals surface area contributed by atoms with E-state index in [-0.39, 0.29) is 16.8 Å². The average molecular weight is 374 g/mol. The smallest absolute Gasteiger partial charge is 0.318 e. The lowest BCUT2D eigenvalue weighted by molar-refractivity contribution is -0.142. The molecule has 0 aliphatic carbocycles. The van der Waals surface area contributed by atoms with Crippen LogP contribution in [0.15, 0.2) is 40.5 Å².